The van der Waals surface area contributed by atoms with Gasteiger partial charge in [-0.15, -0.1) is 0 Å². The molecule has 132 valence electrons. The van der Waals surface area contributed by atoms with E-state index in [-0.39, 0.29) is 18.7 Å². The smallest absolute Gasteiger partial charge is 0.211 e. The molecular formula is C18H18ClNO5. The summed E-state index contributed by atoms with van der Waals surface area (Å²) in [5, 5.41) is 11.5. The molecule has 1 atom stereocenters. The van der Waals surface area contributed by atoms with Crippen molar-refractivity contribution >= 4 is 17.4 Å². The summed E-state index contributed by atoms with van der Waals surface area (Å²) in [5.41, 5.74) is 1.12. The first kappa shape index (κ1) is 18.7. The van der Waals surface area contributed by atoms with Crippen molar-refractivity contribution in [2.24, 2.45) is 0 Å². The number of hydrogen-bond acceptors (Lipinski definition) is 5. The van der Waals surface area contributed by atoms with Gasteiger partial charge >= 0.3 is 0 Å². The molecule has 1 unspecified atom stereocenters. The lowest BCUT2D eigenvalue weighted by molar-refractivity contribution is -0.483. The van der Waals surface area contributed by atoms with Crippen LogP contribution in [0.2, 0.25) is 5.02 Å². The first-order valence-corrected chi connectivity index (χ1v) is 7.95. The highest BCUT2D eigenvalue weighted by Crippen LogP contribution is 2.30. The summed E-state index contributed by atoms with van der Waals surface area (Å²) in [7, 11) is 2.99. The van der Waals surface area contributed by atoms with Gasteiger partial charge in [-0.2, -0.15) is 0 Å². The topological polar surface area (TPSA) is 78.7 Å². The average molecular weight is 364 g/mol. The van der Waals surface area contributed by atoms with Gasteiger partial charge in [-0.25, -0.2) is 0 Å². The second-order valence-electron chi connectivity index (χ2n) is 5.46. The number of benzene rings is 2. The van der Waals surface area contributed by atoms with Crippen LogP contribution in [0.5, 0.6) is 11.5 Å². The van der Waals surface area contributed by atoms with Gasteiger partial charge in [0.05, 0.1) is 20.1 Å². The van der Waals surface area contributed by atoms with Gasteiger partial charge in [-0.1, -0.05) is 23.7 Å². The number of ketones is 1. The second-order valence-corrected chi connectivity index (χ2v) is 5.90. The number of hydrogen-bond donors (Lipinski definition) is 0. The SMILES string of the molecule is COc1ccc(C(=O)CC(C[N+](=O)[O-])c2ccc(Cl)cc2)cc1OC. The summed E-state index contributed by atoms with van der Waals surface area (Å²) in [6.45, 7) is -0.333. The predicted octanol–water partition coefficient (Wildman–Crippen LogP) is 3.99. The molecule has 0 saturated heterocycles. The van der Waals surface area contributed by atoms with Gasteiger partial charge in [-0.05, 0) is 35.9 Å². The Hall–Kier alpha value is -2.60. The van der Waals surface area contributed by atoms with E-state index in [1.807, 2.05) is 0 Å². The van der Waals surface area contributed by atoms with E-state index < -0.39 is 10.8 Å². The van der Waals surface area contributed by atoms with E-state index in [4.69, 9.17) is 21.1 Å². The molecule has 0 aliphatic rings. The van der Waals surface area contributed by atoms with Gasteiger partial charge in [0.15, 0.2) is 17.3 Å². The van der Waals surface area contributed by atoms with Crippen LogP contribution in [0.1, 0.15) is 28.3 Å². The maximum absolute atomic E-state index is 12.6. The zero-order chi connectivity index (χ0) is 18.4. The lowest BCUT2D eigenvalue weighted by Crippen LogP contribution is -2.16. The van der Waals surface area contributed by atoms with Gasteiger partial charge in [0.1, 0.15) is 0 Å². The van der Waals surface area contributed by atoms with Crippen molar-refractivity contribution in [3.05, 3.63) is 68.7 Å². The van der Waals surface area contributed by atoms with Crippen LogP contribution in [0.4, 0.5) is 0 Å². The van der Waals surface area contributed by atoms with Crippen molar-refractivity contribution in [1.29, 1.82) is 0 Å². The molecule has 0 fully saturated rings. The standard InChI is InChI=1S/C18H18ClNO5/c1-24-17-8-5-13(10-18(17)25-2)16(21)9-14(11-20(22)23)12-3-6-15(19)7-4-12/h3-8,10,14H,9,11H2,1-2H3. The van der Waals surface area contributed by atoms with Gasteiger partial charge in [0.2, 0.25) is 6.54 Å². The van der Waals surface area contributed by atoms with Gasteiger partial charge in [-0.3, -0.25) is 14.9 Å². The number of Topliss-reactive ketones (excluding diaryl/α,β-unsaturated/α-hetero) is 1. The zero-order valence-corrected chi connectivity index (χ0v) is 14.7. The van der Waals surface area contributed by atoms with E-state index >= 15 is 0 Å². The number of nitrogens with zero attached hydrogens (tertiary/aromatic N) is 1. The third-order valence-electron chi connectivity index (χ3n) is 3.85. The molecule has 2 aromatic carbocycles. The Morgan fingerprint density at radius 2 is 1.76 bits per heavy atom. The Morgan fingerprint density at radius 1 is 1.12 bits per heavy atom. The molecule has 0 spiro atoms. The lowest BCUT2D eigenvalue weighted by atomic mass is 9.91. The molecule has 6 nitrogen and oxygen atoms in total. The fraction of sp³-hybridized carbons (Fsp3) is 0.278. The van der Waals surface area contributed by atoms with Crippen molar-refractivity contribution < 1.29 is 19.2 Å². The molecule has 25 heavy (non-hydrogen) atoms. The monoisotopic (exact) mass is 363 g/mol. The Labute approximate surface area is 150 Å². The van der Waals surface area contributed by atoms with Crippen LogP contribution in [0.15, 0.2) is 42.5 Å². The molecule has 0 aliphatic heterocycles. The van der Waals surface area contributed by atoms with Crippen LogP contribution in [-0.2, 0) is 0 Å². The number of nitro groups is 1. The maximum Gasteiger partial charge on any atom is 0.211 e. The number of ether oxygens (including phenoxy) is 2. The highest BCUT2D eigenvalue weighted by Gasteiger charge is 2.23. The molecule has 0 aliphatic carbocycles. The zero-order valence-electron chi connectivity index (χ0n) is 13.9. The molecule has 0 aromatic heterocycles. The number of methoxy groups -OCH3 is 2. The fourth-order valence-electron chi connectivity index (χ4n) is 2.55. The lowest BCUT2D eigenvalue weighted by Gasteiger charge is -2.14. The highest BCUT2D eigenvalue weighted by molar-refractivity contribution is 6.30. The third-order valence-corrected chi connectivity index (χ3v) is 4.10. The fourth-order valence-corrected chi connectivity index (χ4v) is 2.68. The van der Waals surface area contributed by atoms with E-state index in [1.54, 1.807) is 42.5 Å². The van der Waals surface area contributed by atoms with E-state index in [9.17, 15) is 14.9 Å². The average Bonchev–Trinajstić information content (AvgIpc) is 2.60. The largest absolute Gasteiger partial charge is 0.493 e. The minimum Gasteiger partial charge on any atom is -0.493 e. The number of halogens is 1. The van der Waals surface area contributed by atoms with Crippen molar-refractivity contribution in [1.82, 2.24) is 0 Å². The van der Waals surface area contributed by atoms with E-state index in [0.717, 1.165) is 0 Å². The van der Waals surface area contributed by atoms with Crippen LogP contribution in [0, 0.1) is 10.1 Å². The molecule has 0 radical (unpaired) electrons. The van der Waals surface area contributed by atoms with E-state index in [1.165, 1.54) is 14.2 Å². The quantitative estimate of drug-likeness (QED) is 0.402. The number of rotatable bonds is 8. The molecule has 0 N–H and O–H groups in total. The molecule has 0 bridgehead atoms. The van der Waals surface area contributed by atoms with Gasteiger partial charge in [0.25, 0.3) is 0 Å². The Kier molecular flexibility index (Phi) is 6.36. The summed E-state index contributed by atoms with van der Waals surface area (Å²) in [4.78, 5) is 23.2. The highest BCUT2D eigenvalue weighted by atomic mass is 35.5. The first-order valence-electron chi connectivity index (χ1n) is 7.57. The summed E-state index contributed by atoms with van der Waals surface area (Å²) in [6.07, 6.45) is 0.0120. The molecule has 0 amide bonds. The Balaban J connectivity index is 2.24. The van der Waals surface area contributed by atoms with Crippen LogP contribution >= 0.6 is 11.6 Å². The minimum absolute atomic E-state index is 0.0120. The van der Waals surface area contributed by atoms with Gasteiger partial charge < -0.3 is 9.47 Å². The Morgan fingerprint density at radius 3 is 2.32 bits per heavy atom. The van der Waals surface area contributed by atoms with Crippen LogP contribution in [-0.4, -0.2) is 31.5 Å². The van der Waals surface area contributed by atoms with Crippen LogP contribution in [0.3, 0.4) is 0 Å². The van der Waals surface area contributed by atoms with Crippen LogP contribution in [0.25, 0.3) is 0 Å². The summed E-state index contributed by atoms with van der Waals surface area (Å²) >= 11 is 5.86. The normalized spacial score (nSPS) is 11.6. The summed E-state index contributed by atoms with van der Waals surface area (Å²) in [6, 6.07) is 11.6. The van der Waals surface area contributed by atoms with Gasteiger partial charge in [0, 0.05) is 21.9 Å². The van der Waals surface area contributed by atoms with E-state index in [0.29, 0.717) is 27.6 Å². The number of carbonyl (C=O) groups excluding carboxylic acids is 1. The van der Waals surface area contributed by atoms with Crippen molar-refractivity contribution in [3.63, 3.8) is 0 Å². The van der Waals surface area contributed by atoms with Crippen molar-refractivity contribution in [3.8, 4) is 11.5 Å². The Bertz CT molecular complexity index is 761. The molecule has 0 saturated carbocycles. The molecule has 2 rings (SSSR count). The van der Waals surface area contributed by atoms with Crippen LogP contribution < -0.4 is 9.47 Å². The maximum atomic E-state index is 12.6. The third kappa shape index (κ3) is 4.93. The van der Waals surface area contributed by atoms with Crippen molar-refractivity contribution in [2.45, 2.75) is 12.3 Å². The second kappa shape index (κ2) is 8.48. The molecular weight excluding hydrogens is 346 g/mol. The molecule has 0 heterocycles. The first-order chi connectivity index (χ1) is 11.9. The van der Waals surface area contributed by atoms with E-state index in [2.05, 4.69) is 0 Å². The molecule has 7 heteroatoms. The van der Waals surface area contributed by atoms with Crippen molar-refractivity contribution in [2.75, 3.05) is 20.8 Å². The number of carbonyl (C=O) groups is 1. The summed E-state index contributed by atoms with van der Waals surface area (Å²) < 4.78 is 10.3. The summed E-state index contributed by atoms with van der Waals surface area (Å²) in [5.74, 6) is 0.208. The predicted molar refractivity (Wildman–Crippen MR) is 94.5 cm³/mol. The minimum atomic E-state index is -0.534. The molecule has 2 aromatic rings.